The van der Waals surface area contributed by atoms with Crippen molar-refractivity contribution in [2.45, 2.75) is 49.9 Å². The van der Waals surface area contributed by atoms with Gasteiger partial charge in [0.25, 0.3) is 5.91 Å². The molecule has 1 N–H and O–H groups in total. The molecular formula is C21H25BrN2OS. The molecule has 0 bridgehead atoms. The first-order valence-corrected chi connectivity index (χ1v) is 11.0. The van der Waals surface area contributed by atoms with Gasteiger partial charge in [-0.2, -0.15) is 0 Å². The van der Waals surface area contributed by atoms with Crippen molar-refractivity contribution in [1.29, 1.82) is 0 Å². The van der Waals surface area contributed by atoms with Crippen LogP contribution in [0.2, 0.25) is 0 Å². The van der Waals surface area contributed by atoms with E-state index >= 15 is 0 Å². The van der Waals surface area contributed by atoms with Crippen molar-refractivity contribution < 1.29 is 4.79 Å². The van der Waals surface area contributed by atoms with E-state index in [9.17, 15) is 4.79 Å². The van der Waals surface area contributed by atoms with Gasteiger partial charge in [-0.1, -0.05) is 54.8 Å². The highest BCUT2D eigenvalue weighted by atomic mass is 79.9. The number of aromatic nitrogens is 1. The second-order valence-electron chi connectivity index (χ2n) is 7.12. The molecule has 26 heavy (non-hydrogen) atoms. The van der Waals surface area contributed by atoms with E-state index < -0.39 is 0 Å². The predicted octanol–water partition coefficient (Wildman–Crippen LogP) is 5.69. The summed E-state index contributed by atoms with van der Waals surface area (Å²) >= 11 is 5.11. The Kier molecular flexibility index (Phi) is 6.76. The molecule has 1 aromatic heterocycles. The fourth-order valence-electron chi connectivity index (χ4n) is 3.49. The van der Waals surface area contributed by atoms with E-state index in [2.05, 4.69) is 52.2 Å². The highest BCUT2D eigenvalue weighted by Crippen LogP contribution is 2.30. The topological polar surface area (TPSA) is 42.0 Å². The third kappa shape index (κ3) is 4.89. The molecule has 0 radical (unpaired) electrons. The summed E-state index contributed by atoms with van der Waals surface area (Å²) in [5, 5.41) is 4.06. The molecule has 1 aliphatic rings. The van der Waals surface area contributed by atoms with Gasteiger partial charge in [-0.15, -0.1) is 11.8 Å². The lowest BCUT2D eigenvalue weighted by Crippen LogP contribution is -2.43. The standard InChI is InChI=1S/C21H25BrN2OS/c1-14-6-3-10-19(15(14)2)24-20(25)18-9-5-11-23-21(18)26-13-16-7-4-8-17(22)12-16/h4-5,7-9,11-12,14-15,19H,3,6,10,13H2,1-2H3,(H,24,25)/t14-,15+,19-/m1/s1. The number of hydrogen-bond donors (Lipinski definition) is 1. The summed E-state index contributed by atoms with van der Waals surface area (Å²) in [7, 11) is 0. The van der Waals surface area contributed by atoms with Crippen molar-refractivity contribution in [1.82, 2.24) is 10.3 Å². The van der Waals surface area contributed by atoms with Crippen molar-refractivity contribution in [3.8, 4) is 0 Å². The van der Waals surface area contributed by atoms with Gasteiger partial charge in [0.2, 0.25) is 0 Å². The van der Waals surface area contributed by atoms with Crippen molar-refractivity contribution in [2.24, 2.45) is 11.8 Å². The van der Waals surface area contributed by atoms with Crippen LogP contribution in [-0.4, -0.2) is 16.9 Å². The maximum atomic E-state index is 12.9. The average molecular weight is 433 g/mol. The van der Waals surface area contributed by atoms with Gasteiger partial charge in [0.15, 0.2) is 0 Å². The van der Waals surface area contributed by atoms with Gasteiger partial charge in [-0.3, -0.25) is 4.79 Å². The normalized spacial score (nSPS) is 22.8. The molecular weight excluding hydrogens is 408 g/mol. The first kappa shape index (κ1) is 19.4. The Balaban J connectivity index is 1.69. The van der Waals surface area contributed by atoms with E-state index in [1.165, 1.54) is 18.4 Å². The fraction of sp³-hybridized carbons (Fsp3) is 0.429. The number of rotatable bonds is 5. The number of amides is 1. The van der Waals surface area contributed by atoms with E-state index in [0.29, 0.717) is 17.4 Å². The smallest absolute Gasteiger partial charge is 0.254 e. The van der Waals surface area contributed by atoms with Gasteiger partial charge < -0.3 is 5.32 Å². The zero-order chi connectivity index (χ0) is 18.5. The molecule has 3 nitrogen and oxygen atoms in total. The van der Waals surface area contributed by atoms with Crippen molar-refractivity contribution in [2.75, 3.05) is 0 Å². The number of hydrogen-bond acceptors (Lipinski definition) is 3. The van der Waals surface area contributed by atoms with Crippen LogP contribution in [0.3, 0.4) is 0 Å². The molecule has 0 aliphatic heterocycles. The number of thioether (sulfide) groups is 1. The molecule has 5 heteroatoms. The lowest BCUT2D eigenvalue weighted by atomic mass is 9.78. The Morgan fingerprint density at radius 3 is 2.92 bits per heavy atom. The SMILES string of the molecule is C[C@H]1[C@H](C)CCC[C@H]1NC(=O)c1cccnc1SCc1cccc(Br)c1. The van der Waals surface area contributed by atoms with Crippen molar-refractivity contribution in [3.63, 3.8) is 0 Å². The van der Waals surface area contributed by atoms with Crippen molar-refractivity contribution >= 4 is 33.6 Å². The summed E-state index contributed by atoms with van der Waals surface area (Å²) in [4.78, 5) is 17.3. The molecule has 3 rings (SSSR count). The Hall–Kier alpha value is -1.33. The van der Waals surface area contributed by atoms with Crippen LogP contribution in [0.25, 0.3) is 0 Å². The molecule has 1 aromatic carbocycles. The lowest BCUT2D eigenvalue weighted by molar-refractivity contribution is 0.0887. The highest BCUT2D eigenvalue weighted by molar-refractivity contribution is 9.10. The van der Waals surface area contributed by atoms with Crippen LogP contribution in [0.5, 0.6) is 0 Å². The summed E-state index contributed by atoms with van der Waals surface area (Å²) in [5.41, 5.74) is 1.88. The molecule has 1 saturated carbocycles. The number of halogens is 1. The van der Waals surface area contributed by atoms with Crippen LogP contribution in [0.15, 0.2) is 52.1 Å². The molecule has 1 heterocycles. The zero-order valence-corrected chi connectivity index (χ0v) is 17.6. The van der Waals surface area contributed by atoms with Gasteiger partial charge in [0.1, 0.15) is 5.03 Å². The second-order valence-corrected chi connectivity index (χ2v) is 9.00. The third-order valence-corrected chi connectivity index (χ3v) is 6.87. The van der Waals surface area contributed by atoms with E-state index in [1.54, 1.807) is 18.0 Å². The zero-order valence-electron chi connectivity index (χ0n) is 15.2. The highest BCUT2D eigenvalue weighted by Gasteiger charge is 2.29. The number of pyridine rings is 1. The van der Waals surface area contributed by atoms with Crippen molar-refractivity contribution in [3.05, 3.63) is 58.2 Å². The predicted molar refractivity (Wildman–Crippen MR) is 111 cm³/mol. The van der Waals surface area contributed by atoms with Gasteiger partial charge in [-0.25, -0.2) is 4.98 Å². The third-order valence-electron chi connectivity index (χ3n) is 5.30. The molecule has 1 fully saturated rings. The Labute approximate surface area is 168 Å². The van der Waals surface area contributed by atoms with Crippen LogP contribution in [-0.2, 0) is 5.75 Å². The van der Waals surface area contributed by atoms with Gasteiger partial charge in [0, 0.05) is 22.5 Å². The molecule has 3 atom stereocenters. The number of carbonyl (C=O) groups is 1. The monoisotopic (exact) mass is 432 g/mol. The first-order valence-electron chi connectivity index (χ1n) is 9.17. The van der Waals surface area contributed by atoms with Crippen LogP contribution < -0.4 is 5.32 Å². The van der Waals surface area contributed by atoms with Crippen LogP contribution in [0, 0.1) is 11.8 Å². The second kappa shape index (κ2) is 9.05. The molecule has 0 spiro atoms. The number of nitrogens with one attached hydrogen (secondary N) is 1. The van der Waals surface area contributed by atoms with Crippen LogP contribution in [0.1, 0.15) is 49.0 Å². The molecule has 1 aliphatic carbocycles. The summed E-state index contributed by atoms with van der Waals surface area (Å²) < 4.78 is 1.06. The minimum atomic E-state index is 0.000734. The minimum absolute atomic E-state index is 0.000734. The Morgan fingerprint density at radius 1 is 1.27 bits per heavy atom. The molecule has 1 amide bonds. The largest absolute Gasteiger partial charge is 0.349 e. The average Bonchev–Trinajstić information content (AvgIpc) is 2.64. The summed E-state index contributed by atoms with van der Waals surface area (Å²) in [6, 6.07) is 12.2. The minimum Gasteiger partial charge on any atom is -0.349 e. The van der Waals surface area contributed by atoms with E-state index in [-0.39, 0.29) is 11.9 Å². The van der Waals surface area contributed by atoms with Gasteiger partial charge >= 0.3 is 0 Å². The fourth-order valence-corrected chi connectivity index (χ4v) is 4.87. The van der Waals surface area contributed by atoms with E-state index in [4.69, 9.17) is 0 Å². The Bertz CT molecular complexity index is 767. The first-order chi connectivity index (χ1) is 12.5. The number of carbonyl (C=O) groups excluding carboxylic acids is 1. The molecule has 0 unspecified atom stereocenters. The quantitative estimate of drug-likeness (QED) is 0.616. The number of nitrogens with zero attached hydrogens (tertiary/aromatic N) is 1. The van der Waals surface area contributed by atoms with E-state index in [1.807, 2.05) is 24.3 Å². The summed E-state index contributed by atoms with van der Waals surface area (Å²) in [5.74, 6) is 1.96. The molecule has 2 aromatic rings. The molecule has 138 valence electrons. The summed E-state index contributed by atoms with van der Waals surface area (Å²) in [6.45, 7) is 4.53. The Morgan fingerprint density at radius 2 is 2.12 bits per heavy atom. The number of benzene rings is 1. The maximum absolute atomic E-state index is 12.9. The van der Waals surface area contributed by atoms with Crippen LogP contribution >= 0.6 is 27.7 Å². The maximum Gasteiger partial charge on any atom is 0.254 e. The lowest BCUT2D eigenvalue weighted by Gasteiger charge is -2.34. The summed E-state index contributed by atoms with van der Waals surface area (Å²) in [6.07, 6.45) is 5.27. The van der Waals surface area contributed by atoms with Gasteiger partial charge in [-0.05, 0) is 48.1 Å². The van der Waals surface area contributed by atoms with E-state index in [0.717, 1.165) is 21.7 Å². The van der Waals surface area contributed by atoms with Crippen LogP contribution in [0.4, 0.5) is 0 Å². The van der Waals surface area contributed by atoms with Gasteiger partial charge in [0.05, 0.1) is 5.56 Å². The molecule has 0 saturated heterocycles.